The highest BCUT2D eigenvalue weighted by molar-refractivity contribution is 6.29. The molecule has 1 aromatic carbocycles. The Balaban J connectivity index is 2.25. The molecule has 7 nitrogen and oxygen atoms in total. The second-order valence-electron chi connectivity index (χ2n) is 3.73. The normalized spacial score (nSPS) is 10.1. The summed E-state index contributed by atoms with van der Waals surface area (Å²) < 4.78 is 5.33. The summed E-state index contributed by atoms with van der Waals surface area (Å²) in [6, 6.07) is 8.19. The maximum atomic E-state index is 10.9. The van der Waals surface area contributed by atoms with Gasteiger partial charge >= 0.3 is 0 Å². The van der Waals surface area contributed by atoms with Crippen LogP contribution in [-0.2, 0) is 0 Å². The van der Waals surface area contributed by atoms with Gasteiger partial charge in [0.2, 0.25) is 11.8 Å². The molecule has 2 aromatic rings. The topological polar surface area (TPSA) is 108 Å². The fourth-order valence-corrected chi connectivity index (χ4v) is 1.62. The van der Waals surface area contributed by atoms with Crippen molar-refractivity contribution in [2.24, 2.45) is 5.73 Å². The summed E-state index contributed by atoms with van der Waals surface area (Å²) >= 11 is 5.67. The number of halogens is 1. The van der Waals surface area contributed by atoms with Crippen LogP contribution in [0, 0.1) is 10.1 Å². The Morgan fingerprint density at radius 1 is 1.30 bits per heavy atom. The average molecular weight is 294 g/mol. The van der Waals surface area contributed by atoms with E-state index in [1.165, 1.54) is 24.3 Å². The standard InChI is InChI=1S/C12H8ClN3O4/c13-10-5-8(16(18)19)6-11(15-10)20-9-3-1-7(2-4-9)12(14)17/h1-6H,(H2,14,17). The van der Waals surface area contributed by atoms with Crippen LogP contribution in [0.3, 0.4) is 0 Å². The van der Waals surface area contributed by atoms with Crippen LogP contribution in [0.4, 0.5) is 5.69 Å². The summed E-state index contributed by atoms with van der Waals surface area (Å²) in [6.45, 7) is 0. The summed E-state index contributed by atoms with van der Waals surface area (Å²) in [5.41, 5.74) is 5.20. The molecular weight excluding hydrogens is 286 g/mol. The lowest BCUT2D eigenvalue weighted by Crippen LogP contribution is -2.10. The number of primary amides is 1. The van der Waals surface area contributed by atoms with Crippen molar-refractivity contribution in [2.45, 2.75) is 0 Å². The quantitative estimate of drug-likeness (QED) is 0.529. The highest BCUT2D eigenvalue weighted by atomic mass is 35.5. The molecule has 0 aliphatic heterocycles. The van der Waals surface area contributed by atoms with Crippen LogP contribution >= 0.6 is 11.6 Å². The zero-order valence-corrected chi connectivity index (χ0v) is 10.7. The maximum absolute atomic E-state index is 10.9. The van der Waals surface area contributed by atoms with Gasteiger partial charge in [0.05, 0.1) is 17.1 Å². The maximum Gasteiger partial charge on any atom is 0.277 e. The lowest BCUT2D eigenvalue weighted by atomic mass is 10.2. The molecule has 0 aliphatic carbocycles. The van der Waals surface area contributed by atoms with Gasteiger partial charge in [-0.3, -0.25) is 14.9 Å². The largest absolute Gasteiger partial charge is 0.439 e. The van der Waals surface area contributed by atoms with Gasteiger partial charge in [0, 0.05) is 5.56 Å². The molecule has 0 radical (unpaired) electrons. The Morgan fingerprint density at radius 3 is 2.50 bits per heavy atom. The van der Waals surface area contributed by atoms with E-state index in [4.69, 9.17) is 22.1 Å². The zero-order valence-electron chi connectivity index (χ0n) is 9.95. The molecule has 1 aromatic heterocycles. The van der Waals surface area contributed by atoms with Crippen LogP contribution in [0.2, 0.25) is 5.15 Å². The third-order valence-electron chi connectivity index (χ3n) is 2.33. The van der Waals surface area contributed by atoms with Gasteiger partial charge in [-0.25, -0.2) is 4.98 Å². The molecule has 0 aliphatic rings. The van der Waals surface area contributed by atoms with Gasteiger partial charge in [0.1, 0.15) is 10.9 Å². The smallest absolute Gasteiger partial charge is 0.277 e. The first-order valence-electron chi connectivity index (χ1n) is 5.35. The predicted molar refractivity (Wildman–Crippen MR) is 70.9 cm³/mol. The Bertz CT molecular complexity index is 673. The molecule has 102 valence electrons. The number of carbonyl (C=O) groups is 1. The Labute approximate surface area is 118 Å². The third-order valence-corrected chi connectivity index (χ3v) is 2.52. The molecule has 0 bridgehead atoms. The minimum Gasteiger partial charge on any atom is -0.439 e. The SMILES string of the molecule is NC(=O)c1ccc(Oc2cc([N+](=O)[O-])cc(Cl)n2)cc1. The number of amides is 1. The number of ether oxygens (including phenoxy) is 1. The number of nitrogens with zero attached hydrogens (tertiary/aromatic N) is 2. The fourth-order valence-electron chi connectivity index (χ4n) is 1.43. The molecule has 0 atom stereocenters. The third kappa shape index (κ3) is 3.21. The lowest BCUT2D eigenvalue weighted by molar-refractivity contribution is -0.385. The van der Waals surface area contributed by atoms with E-state index in [1.54, 1.807) is 0 Å². The summed E-state index contributed by atoms with van der Waals surface area (Å²) in [7, 11) is 0. The molecule has 1 amide bonds. The lowest BCUT2D eigenvalue weighted by Gasteiger charge is -2.05. The van der Waals surface area contributed by atoms with Crippen LogP contribution in [0.5, 0.6) is 11.6 Å². The van der Waals surface area contributed by atoms with Crippen molar-refractivity contribution in [1.29, 1.82) is 0 Å². The van der Waals surface area contributed by atoms with Crippen molar-refractivity contribution in [3.63, 3.8) is 0 Å². The Morgan fingerprint density at radius 2 is 1.95 bits per heavy atom. The van der Waals surface area contributed by atoms with E-state index in [0.717, 1.165) is 12.1 Å². The molecule has 2 rings (SSSR count). The van der Waals surface area contributed by atoms with Crippen LogP contribution < -0.4 is 10.5 Å². The van der Waals surface area contributed by atoms with Gasteiger partial charge in [-0.1, -0.05) is 11.6 Å². The highest BCUT2D eigenvalue weighted by Gasteiger charge is 2.12. The molecular formula is C12H8ClN3O4. The fraction of sp³-hybridized carbons (Fsp3) is 0. The van der Waals surface area contributed by atoms with Gasteiger partial charge in [-0.15, -0.1) is 0 Å². The second-order valence-corrected chi connectivity index (χ2v) is 4.12. The first-order chi connectivity index (χ1) is 9.45. The molecule has 0 unspecified atom stereocenters. The van der Waals surface area contributed by atoms with Crippen molar-refractivity contribution in [3.8, 4) is 11.6 Å². The minimum absolute atomic E-state index is 0.0176. The zero-order chi connectivity index (χ0) is 14.7. The number of hydrogen-bond acceptors (Lipinski definition) is 5. The number of carbonyl (C=O) groups excluding carboxylic acids is 1. The molecule has 1 heterocycles. The molecule has 2 N–H and O–H groups in total. The summed E-state index contributed by atoms with van der Waals surface area (Å²) in [5, 5.41) is 10.6. The van der Waals surface area contributed by atoms with Gasteiger partial charge in [-0.2, -0.15) is 0 Å². The molecule has 0 fully saturated rings. The molecule has 8 heteroatoms. The molecule has 0 saturated heterocycles. The van der Waals surface area contributed by atoms with Gasteiger partial charge in [0.15, 0.2) is 0 Å². The van der Waals surface area contributed by atoms with E-state index in [2.05, 4.69) is 4.98 Å². The average Bonchev–Trinajstić information content (AvgIpc) is 2.38. The van der Waals surface area contributed by atoms with E-state index in [1.807, 2.05) is 0 Å². The van der Waals surface area contributed by atoms with Crippen molar-refractivity contribution in [2.75, 3.05) is 0 Å². The van der Waals surface area contributed by atoms with E-state index in [-0.39, 0.29) is 16.7 Å². The molecule has 0 spiro atoms. The van der Waals surface area contributed by atoms with Crippen molar-refractivity contribution < 1.29 is 14.5 Å². The number of rotatable bonds is 4. The van der Waals surface area contributed by atoms with Crippen LogP contribution in [0.15, 0.2) is 36.4 Å². The number of nitro groups is 1. The number of hydrogen-bond donors (Lipinski definition) is 1. The van der Waals surface area contributed by atoms with Crippen LogP contribution in [0.1, 0.15) is 10.4 Å². The summed E-state index contributed by atoms with van der Waals surface area (Å²) in [5.74, 6) is -0.233. The van der Waals surface area contributed by atoms with E-state index in [0.29, 0.717) is 11.3 Å². The first-order valence-corrected chi connectivity index (χ1v) is 5.73. The van der Waals surface area contributed by atoms with Crippen LogP contribution in [-0.4, -0.2) is 15.8 Å². The molecule has 0 saturated carbocycles. The van der Waals surface area contributed by atoms with Gasteiger partial charge < -0.3 is 10.5 Å². The Hall–Kier alpha value is -2.67. The highest BCUT2D eigenvalue weighted by Crippen LogP contribution is 2.26. The predicted octanol–water partition coefficient (Wildman–Crippen LogP) is 2.53. The van der Waals surface area contributed by atoms with Crippen molar-refractivity contribution in [3.05, 3.63) is 57.2 Å². The van der Waals surface area contributed by atoms with Gasteiger partial charge in [-0.05, 0) is 24.3 Å². The van der Waals surface area contributed by atoms with Crippen molar-refractivity contribution >= 4 is 23.2 Å². The second kappa shape index (κ2) is 5.54. The molecule has 20 heavy (non-hydrogen) atoms. The first kappa shape index (κ1) is 13.8. The summed E-state index contributed by atoms with van der Waals surface area (Å²) in [6.07, 6.45) is 0. The number of pyridine rings is 1. The number of aromatic nitrogens is 1. The van der Waals surface area contributed by atoms with E-state index in [9.17, 15) is 14.9 Å². The summed E-state index contributed by atoms with van der Waals surface area (Å²) in [4.78, 5) is 24.8. The monoisotopic (exact) mass is 293 g/mol. The van der Waals surface area contributed by atoms with Crippen molar-refractivity contribution in [1.82, 2.24) is 4.98 Å². The van der Waals surface area contributed by atoms with Gasteiger partial charge in [0.25, 0.3) is 5.69 Å². The number of benzene rings is 1. The Kier molecular flexibility index (Phi) is 3.81. The van der Waals surface area contributed by atoms with E-state index < -0.39 is 10.8 Å². The van der Waals surface area contributed by atoms with E-state index >= 15 is 0 Å². The number of nitrogens with two attached hydrogens (primary N) is 1. The van der Waals surface area contributed by atoms with Crippen LogP contribution in [0.25, 0.3) is 0 Å². The minimum atomic E-state index is -0.601.